The molecule has 0 atom stereocenters. The van der Waals surface area contributed by atoms with E-state index in [1.54, 1.807) is 18.3 Å². The van der Waals surface area contributed by atoms with Crippen LogP contribution in [0.25, 0.3) is 0 Å². The topological polar surface area (TPSA) is 60.5 Å². The van der Waals surface area contributed by atoms with Crippen LogP contribution in [0.5, 0.6) is 17.2 Å². The van der Waals surface area contributed by atoms with Crippen molar-refractivity contribution >= 4 is 34.8 Å². The molecule has 1 amide bonds. The zero-order chi connectivity index (χ0) is 21.7. The Balaban J connectivity index is 1.80. The number of anilines is 1. The van der Waals surface area contributed by atoms with Crippen LogP contribution in [0.4, 0.5) is 18.9 Å². The molecule has 1 heterocycles. The fourth-order valence-electron chi connectivity index (χ4n) is 2.32. The van der Waals surface area contributed by atoms with E-state index in [9.17, 15) is 18.0 Å². The third kappa shape index (κ3) is 6.01. The van der Waals surface area contributed by atoms with Crippen molar-refractivity contribution in [2.45, 2.75) is 6.18 Å². The monoisotopic (exact) mass is 456 g/mol. The predicted octanol–water partition coefficient (Wildman–Crippen LogP) is 6.37. The van der Waals surface area contributed by atoms with Crippen molar-refractivity contribution in [3.05, 3.63) is 76.5 Å². The van der Waals surface area contributed by atoms with Gasteiger partial charge in [0, 0.05) is 12.3 Å². The molecule has 0 unspecified atom stereocenters. The number of aromatic nitrogens is 1. The number of alkyl halides is 3. The highest BCUT2D eigenvalue weighted by Crippen LogP contribution is 2.34. The van der Waals surface area contributed by atoms with Crippen LogP contribution in [0.3, 0.4) is 0 Å². The highest BCUT2D eigenvalue weighted by Gasteiger charge is 2.28. The number of carbonyl (C=O) groups is 1. The molecule has 3 rings (SSSR count). The highest BCUT2D eigenvalue weighted by atomic mass is 35.5. The minimum Gasteiger partial charge on any atom is -0.484 e. The van der Waals surface area contributed by atoms with Gasteiger partial charge in [0.2, 0.25) is 0 Å². The Morgan fingerprint density at radius 3 is 2.33 bits per heavy atom. The lowest BCUT2D eigenvalue weighted by molar-refractivity contribution is -0.153. The lowest BCUT2D eigenvalue weighted by Gasteiger charge is -2.14. The number of halogens is 5. The molecular weight excluding hydrogens is 444 g/mol. The van der Waals surface area contributed by atoms with E-state index in [1.807, 2.05) is 0 Å². The van der Waals surface area contributed by atoms with Gasteiger partial charge in [-0.15, -0.1) is 0 Å². The summed E-state index contributed by atoms with van der Waals surface area (Å²) in [5.74, 6) is -0.136. The Labute approximate surface area is 179 Å². The smallest absolute Gasteiger partial charge is 0.422 e. The predicted molar refractivity (Wildman–Crippen MR) is 107 cm³/mol. The molecule has 0 aliphatic rings. The van der Waals surface area contributed by atoms with Crippen molar-refractivity contribution < 1.29 is 27.4 Å². The number of nitrogens with one attached hydrogen (secondary N) is 1. The number of pyridine rings is 1. The number of ether oxygens (including phenoxy) is 2. The molecule has 10 heteroatoms. The van der Waals surface area contributed by atoms with Crippen LogP contribution in [-0.4, -0.2) is 23.7 Å². The minimum atomic E-state index is -4.44. The Bertz CT molecular complexity index is 1030. The van der Waals surface area contributed by atoms with E-state index in [0.29, 0.717) is 5.69 Å². The third-order valence-electron chi connectivity index (χ3n) is 3.64. The Morgan fingerprint density at radius 2 is 1.70 bits per heavy atom. The molecule has 30 heavy (non-hydrogen) atoms. The van der Waals surface area contributed by atoms with Gasteiger partial charge in [0.15, 0.2) is 6.61 Å². The molecule has 1 N–H and O–H groups in total. The minimum absolute atomic E-state index is 0.0170. The van der Waals surface area contributed by atoms with Crippen LogP contribution in [0, 0.1) is 0 Å². The van der Waals surface area contributed by atoms with Gasteiger partial charge in [0.05, 0.1) is 27.5 Å². The van der Waals surface area contributed by atoms with Crippen LogP contribution in [0.2, 0.25) is 10.0 Å². The summed E-state index contributed by atoms with van der Waals surface area (Å²) in [4.78, 5) is 16.6. The van der Waals surface area contributed by atoms with E-state index in [4.69, 9.17) is 27.9 Å². The molecule has 0 aliphatic carbocycles. The SMILES string of the molecule is O=C(Nc1cccnc1)c1cc(Cl)c(Cl)cc1Oc1ccc(OCC(F)(F)F)cc1. The van der Waals surface area contributed by atoms with Crippen LogP contribution in [0.1, 0.15) is 10.4 Å². The summed E-state index contributed by atoms with van der Waals surface area (Å²) < 4.78 is 47.1. The molecule has 3 aromatic rings. The summed E-state index contributed by atoms with van der Waals surface area (Å²) in [5, 5.41) is 2.97. The van der Waals surface area contributed by atoms with Crippen molar-refractivity contribution in [3.63, 3.8) is 0 Å². The van der Waals surface area contributed by atoms with Gasteiger partial charge in [-0.2, -0.15) is 13.2 Å². The summed E-state index contributed by atoms with van der Waals surface area (Å²) in [6.07, 6.45) is -1.41. The summed E-state index contributed by atoms with van der Waals surface area (Å²) >= 11 is 12.1. The summed E-state index contributed by atoms with van der Waals surface area (Å²) in [6, 6.07) is 11.5. The first-order valence-corrected chi connectivity index (χ1v) is 9.15. The summed E-state index contributed by atoms with van der Waals surface area (Å²) in [7, 11) is 0. The molecule has 0 aliphatic heterocycles. The Kier molecular flexibility index (Phi) is 6.69. The summed E-state index contributed by atoms with van der Waals surface area (Å²) in [5.41, 5.74) is 0.566. The summed E-state index contributed by atoms with van der Waals surface area (Å²) in [6.45, 7) is -1.40. The van der Waals surface area contributed by atoms with Crippen molar-refractivity contribution in [3.8, 4) is 17.2 Å². The van der Waals surface area contributed by atoms with Crippen LogP contribution in [0.15, 0.2) is 60.9 Å². The number of amides is 1. The number of benzene rings is 2. The maximum atomic E-state index is 12.7. The maximum absolute atomic E-state index is 12.7. The normalized spacial score (nSPS) is 11.1. The fourth-order valence-corrected chi connectivity index (χ4v) is 2.64. The second-order valence-corrected chi connectivity index (χ2v) is 6.75. The molecule has 0 saturated heterocycles. The Hall–Kier alpha value is -2.97. The van der Waals surface area contributed by atoms with Gasteiger partial charge in [-0.25, -0.2) is 0 Å². The maximum Gasteiger partial charge on any atom is 0.422 e. The number of carbonyl (C=O) groups excluding carboxylic acids is 1. The van der Waals surface area contributed by atoms with E-state index in [2.05, 4.69) is 15.0 Å². The molecule has 2 aromatic carbocycles. The molecule has 0 fully saturated rings. The lowest BCUT2D eigenvalue weighted by Crippen LogP contribution is -2.19. The molecule has 0 saturated carbocycles. The average Bonchev–Trinajstić information content (AvgIpc) is 2.70. The molecule has 0 radical (unpaired) electrons. The van der Waals surface area contributed by atoms with E-state index in [1.165, 1.54) is 42.6 Å². The van der Waals surface area contributed by atoms with Crippen LogP contribution in [-0.2, 0) is 0 Å². The Morgan fingerprint density at radius 1 is 1.03 bits per heavy atom. The highest BCUT2D eigenvalue weighted by molar-refractivity contribution is 6.42. The standard InChI is InChI=1S/C20H13Cl2F3N2O3/c21-16-8-15(19(28)27-12-2-1-7-26-10-12)18(9-17(16)22)30-14-5-3-13(4-6-14)29-11-20(23,24)25/h1-10H,11H2,(H,27,28). The number of hydrogen-bond acceptors (Lipinski definition) is 4. The third-order valence-corrected chi connectivity index (χ3v) is 4.36. The number of rotatable bonds is 6. The van der Waals surface area contributed by atoms with Gasteiger partial charge in [-0.05, 0) is 42.5 Å². The lowest BCUT2D eigenvalue weighted by atomic mass is 10.1. The van der Waals surface area contributed by atoms with E-state index < -0.39 is 18.7 Å². The first kappa shape index (κ1) is 21.7. The first-order valence-electron chi connectivity index (χ1n) is 8.39. The molecule has 156 valence electrons. The molecular formula is C20H13Cl2F3N2O3. The zero-order valence-corrected chi connectivity index (χ0v) is 16.6. The molecule has 1 aromatic heterocycles. The second-order valence-electron chi connectivity index (χ2n) is 5.94. The largest absolute Gasteiger partial charge is 0.484 e. The zero-order valence-electron chi connectivity index (χ0n) is 15.0. The van der Waals surface area contributed by atoms with Gasteiger partial charge in [-0.1, -0.05) is 23.2 Å². The van der Waals surface area contributed by atoms with Crippen molar-refractivity contribution in [2.24, 2.45) is 0 Å². The molecule has 5 nitrogen and oxygen atoms in total. The van der Waals surface area contributed by atoms with Gasteiger partial charge in [0.25, 0.3) is 5.91 Å². The van der Waals surface area contributed by atoms with E-state index in [0.717, 1.165) is 0 Å². The van der Waals surface area contributed by atoms with Crippen molar-refractivity contribution in [2.75, 3.05) is 11.9 Å². The molecule has 0 spiro atoms. The van der Waals surface area contributed by atoms with Crippen LogP contribution >= 0.6 is 23.2 Å². The van der Waals surface area contributed by atoms with Gasteiger partial charge < -0.3 is 14.8 Å². The number of hydrogen-bond donors (Lipinski definition) is 1. The van der Waals surface area contributed by atoms with Gasteiger partial charge in [0.1, 0.15) is 17.2 Å². The van der Waals surface area contributed by atoms with E-state index >= 15 is 0 Å². The van der Waals surface area contributed by atoms with Gasteiger partial charge >= 0.3 is 6.18 Å². The fraction of sp³-hybridized carbons (Fsp3) is 0.100. The van der Waals surface area contributed by atoms with Crippen LogP contribution < -0.4 is 14.8 Å². The van der Waals surface area contributed by atoms with Crippen molar-refractivity contribution in [1.29, 1.82) is 0 Å². The number of nitrogens with zero attached hydrogens (tertiary/aromatic N) is 1. The molecule has 0 bridgehead atoms. The average molecular weight is 457 g/mol. The quantitative estimate of drug-likeness (QED) is 0.467. The van der Waals surface area contributed by atoms with Crippen molar-refractivity contribution in [1.82, 2.24) is 4.98 Å². The van der Waals surface area contributed by atoms with Gasteiger partial charge in [-0.3, -0.25) is 9.78 Å². The first-order chi connectivity index (χ1) is 14.2. The van der Waals surface area contributed by atoms with E-state index in [-0.39, 0.29) is 32.9 Å². The second kappa shape index (κ2) is 9.23.